The van der Waals surface area contributed by atoms with Crippen molar-refractivity contribution >= 4 is 35.6 Å². The third kappa shape index (κ3) is 4.50. The zero-order valence-corrected chi connectivity index (χ0v) is 15.2. The second-order valence-electron chi connectivity index (χ2n) is 4.98. The number of nitrogens with one attached hydrogen (secondary N) is 1. The van der Waals surface area contributed by atoms with Gasteiger partial charge in [0.25, 0.3) is 0 Å². The molecule has 0 atom stereocenters. The second kappa shape index (κ2) is 8.04. The minimum Gasteiger partial charge on any atom is -0.490 e. The molecule has 0 radical (unpaired) electrons. The van der Waals surface area contributed by atoms with Crippen molar-refractivity contribution in [2.75, 3.05) is 18.5 Å². The fraction of sp³-hybridized carbons (Fsp3) is 0.333. The molecular formula is C15H20IN5O2. The predicted octanol–water partition coefficient (Wildman–Crippen LogP) is 2.13. The molecule has 2 heterocycles. The van der Waals surface area contributed by atoms with Crippen LogP contribution < -0.4 is 20.5 Å². The molecular weight excluding hydrogens is 409 g/mol. The van der Waals surface area contributed by atoms with Crippen LogP contribution in [0, 0.1) is 0 Å². The highest BCUT2D eigenvalue weighted by atomic mass is 127. The van der Waals surface area contributed by atoms with Crippen molar-refractivity contribution in [1.82, 2.24) is 9.78 Å². The number of aromatic nitrogens is 2. The van der Waals surface area contributed by atoms with Gasteiger partial charge < -0.3 is 20.5 Å². The van der Waals surface area contributed by atoms with E-state index in [-0.39, 0.29) is 24.0 Å². The molecule has 0 saturated carbocycles. The number of fused-ring (bicyclic) bond motifs is 1. The van der Waals surface area contributed by atoms with Crippen molar-refractivity contribution < 1.29 is 9.47 Å². The van der Waals surface area contributed by atoms with Gasteiger partial charge in [-0.25, -0.2) is 4.99 Å². The molecule has 3 N–H and O–H groups in total. The topological polar surface area (TPSA) is 86.7 Å². The average Bonchev–Trinajstić information content (AvgIpc) is 2.78. The monoisotopic (exact) mass is 429 g/mol. The summed E-state index contributed by atoms with van der Waals surface area (Å²) in [6.45, 7) is 1.80. The molecule has 0 saturated heterocycles. The Morgan fingerprint density at radius 2 is 2.09 bits per heavy atom. The number of nitrogens with two attached hydrogens (primary N) is 1. The normalized spacial score (nSPS) is 13.9. The number of rotatable bonds is 3. The highest BCUT2D eigenvalue weighted by Crippen LogP contribution is 2.32. The number of hydrogen-bond donors (Lipinski definition) is 2. The third-order valence-corrected chi connectivity index (χ3v) is 3.35. The lowest BCUT2D eigenvalue weighted by Crippen LogP contribution is -2.22. The lowest BCUT2D eigenvalue weighted by molar-refractivity contribution is 0.297. The van der Waals surface area contributed by atoms with Gasteiger partial charge in [0.2, 0.25) is 0 Å². The number of halogens is 1. The molecule has 0 aliphatic carbocycles. The molecule has 0 spiro atoms. The van der Waals surface area contributed by atoms with Gasteiger partial charge in [0.1, 0.15) is 0 Å². The predicted molar refractivity (Wildman–Crippen MR) is 99.6 cm³/mol. The number of guanidine groups is 1. The fourth-order valence-corrected chi connectivity index (χ4v) is 2.15. The smallest absolute Gasteiger partial charge is 0.193 e. The van der Waals surface area contributed by atoms with Crippen LogP contribution in [0.15, 0.2) is 35.5 Å². The Morgan fingerprint density at radius 3 is 2.83 bits per heavy atom. The van der Waals surface area contributed by atoms with E-state index in [2.05, 4.69) is 15.4 Å². The number of benzene rings is 1. The van der Waals surface area contributed by atoms with Crippen LogP contribution in [0.5, 0.6) is 11.5 Å². The lowest BCUT2D eigenvalue weighted by Gasteiger charge is -2.10. The summed E-state index contributed by atoms with van der Waals surface area (Å²) >= 11 is 0. The van der Waals surface area contributed by atoms with Crippen LogP contribution in [0.1, 0.15) is 12.1 Å². The quantitative estimate of drug-likeness (QED) is 0.444. The highest BCUT2D eigenvalue weighted by molar-refractivity contribution is 14.0. The van der Waals surface area contributed by atoms with Crippen LogP contribution in [0.2, 0.25) is 0 Å². The van der Waals surface area contributed by atoms with Gasteiger partial charge in [-0.3, -0.25) is 4.68 Å². The minimum atomic E-state index is 0. The Morgan fingerprint density at radius 1 is 1.30 bits per heavy atom. The van der Waals surface area contributed by atoms with Crippen molar-refractivity contribution in [3.8, 4) is 11.5 Å². The van der Waals surface area contributed by atoms with Crippen molar-refractivity contribution in [2.24, 2.45) is 17.8 Å². The minimum absolute atomic E-state index is 0. The summed E-state index contributed by atoms with van der Waals surface area (Å²) in [6, 6.07) is 7.54. The zero-order valence-electron chi connectivity index (χ0n) is 12.9. The standard InChI is InChI=1S/C15H19N5O2.HI/c1-20-12(5-6-18-20)10-17-15(16)19-11-3-4-13-14(9-11)22-8-2-7-21-13;/h3-6,9H,2,7-8,10H2,1H3,(H3,16,17,19);1H. The molecule has 0 fully saturated rings. The van der Waals surface area contributed by atoms with E-state index in [0.717, 1.165) is 29.3 Å². The maximum absolute atomic E-state index is 5.92. The second-order valence-corrected chi connectivity index (χ2v) is 4.98. The van der Waals surface area contributed by atoms with Gasteiger partial charge >= 0.3 is 0 Å². The summed E-state index contributed by atoms with van der Waals surface area (Å²) < 4.78 is 13.0. The molecule has 0 bridgehead atoms. The highest BCUT2D eigenvalue weighted by Gasteiger charge is 2.10. The van der Waals surface area contributed by atoms with Gasteiger partial charge in [0, 0.05) is 31.4 Å². The van der Waals surface area contributed by atoms with E-state index in [4.69, 9.17) is 15.2 Å². The maximum atomic E-state index is 5.92. The van der Waals surface area contributed by atoms with Gasteiger partial charge in [-0.2, -0.15) is 5.10 Å². The first-order chi connectivity index (χ1) is 10.7. The Hall–Kier alpha value is -1.97. The molecule has 7 nitrogen and oxygen atoms in total. The molecule has 8 heteroatoms. The number of anilines is 1. The number of nitrogens with zero attached hydrogens (tertiary/aromatic N) is 3. The third-order valence-electron chi connectivity index (χ3n) is 3.35. The summed E-state index contributed by atoms with van der Waals surface area (Å²) in [5.41, 5.74) is 7.72. The van der Waals surface area contributed by atoms with Crippen LogP contribution in [-0.2, 0) is 13.6 Å². The number of aryl methyl sites for hydroxylation is 1. The molecule has 1 aromatic carbocycles. The first-order valence-corrected chi connectivity index (χ1v) is 7.16. The summed E-state index contributed by atoms with van der Waals surface area (Å²) in [4.78, 5) is 4.30. The molecule has 124 valence electrons. The molecule has 1 aliphatic heterocycles. The van der Waals surface area contributed by atoms with Crippen molar-refractivity contribution in [1.29, 1.82) is 0 Å². The maximum Gasteiger partial charge on any atom is 0.193 e. The summed E-state index contributed by atoms with van der Waals surface area (Å²) in [5, 5.41) is 7.15. The van der Waals surface area contributed by atoms with Gasteiger partial charge in [0.15, 0.2) is 17.5 Å². The van der Waals surface area contributed by atoms with E-state index in [0.29, 0.717) is 25.7 Å². The van der Waals surface area contributed by atoms with Crippen LogP contribution in [0.4, 0.5) is 5.69 Å². The van der Waals surface area contributed by atoms with Gasteiger partial charge in [-0.1, -0.05) is 0 Å². The fourth-order valence-electron chi connectivity index (χ4n) is 2.15. The van der Waals surface area contributed by atoms with E-state index in [1.54, 1.807) is 10.9 Å². The van der Waals surface area contributed by atoms with Crippen LogP contribution in [-0.4, -0.2) is 29.0 Å². The molecule has 23 heavy (non-hydrogen) atoms. The Balaban J connectivity index is 0.00000192. The van der Waals surface area contributed by atoms with E-state index in [1.165, 1.54) is 0 Å². The SMILES string of the molecule is Cn1nccc1CN=C(N)Nc1ccc2c(c1)OCCCO2.I. The number of hydrogen-bond acceptors (Lipinski definition) is 4. The van der Waals surface area contributed by atoms with E-state index < -0.39 is 0 Å². The molecule has 3 rings (SSSR count). The number of ether oxygens (including phenoxy) is 2. The van der Waals surface area contributed by atoms with Crippen LogP contribution >= 0.6 is 24.0 Å². The van der Waals surface area contributed by atoms with Crippen molar-refractivity contribution in [3.63, 3.8) is 0 Å². The van der Waals surface area contributed by atoms with Crippen LogP contribution in [0.3, 0.4) is 0 Å². The average molecular weight is 429 g/mol. The molecule has 1 aromatic heterocycles. The first-order valence-electron chi connectivity index (χ1n) is 7.16. The van der Waals surface area contributed by atoms with Gasteiger partial charge in [-0.15, -0.1) is 24.0 Å². The molecule has 1 aliphatic rings. The Labute approximate surface area is 151 Å². The Kier molecular flexibility index (Phi) is 6.08. The van der Waals surface area contributed by atoms with Gasteiger partial charge in [0.05, 0.1) is 25.5 Å². The zero-order chi connectivity index (χ0) is 15.4. The van der Waals surface area contributed by atoms with E-state index >= 15 is 0 Å². The van der Waals surface area contributed by atoms with Crippen molar-refractivity contribution in [2.45, 2.75) is 13.0 Å². The summed E-state index contributed by atoms with van der Waals surface area (Å²) in [6.07, 6.45) is 2.62. The summed E-state index contributed by atoms with van der Waals surface area (Å²) in [5.74, 6) is 1.83. The van der Waals surface area contributed by atoms with Crippen LogP contribution in [0.25, 0.3) is 0 Å². The molecule has 0 unspecified atom stereocenters. The first kappa shape index (κ1) is 17.4. The molecule has 0 amide bonds. The van der Waals surface area contributed by atoms with Gasteiger partial charge in [-0.05, 0) is 18.2 Å². The summed E-state index contributed by atoms with van der Waals surface area (Å²) in [7, 11) is 1.87. The largest absolute Gasteiger partial charge is 0.490 e. The van der Waals surface area contributed by atoms with Crippen molar-refractivity contribution in [3.05, 3.63) is 36.2 Å². The van der Waals surface area contributed by atoms with E-state index in [1.807, 2.05) is 31.3 Å². The van der Waals surface area contributed by atoms with E-state index in [9.17, 15) is 0 Å². The number of aliphatic imine (C=N–C) groups is 1. The molecule has 2 aromatic rings. The Bertz CT molecular complexity index is 686. The lowest BCUT2D eigenvalue weighted by atomic mass is 10.3.